The van der Waals surface area contributed by atoms with Crippen LogP contribution in [0.25, 0.3) is 0 Å². The molecule has 0 bridgehead atoms. The molecule has 5 heteroatoms. The molecule has 25 heavy (non-hydrogen) atoms. The molecule has 3 N–H and O–H groups in total. The van der Waals surface area contributed by atoms with Crippen LogP contribution in [0.2, 0.25) is 0 Å². The van der Waals surface area contributed by atoms with Crippen molar-refractivity contribution < 1.29 is 9.59 Å². The van der Waals surface area contributed by atoms with Gasteiger partial charge in [-0.05, 0) is 57.2 Å². The van der Waals surface area contributed by atoms with Gasteiger partial charge in [0.2, 0.25) is 0 Å². The highest BCUT2D eigenvalue weighted by Crippen LogP contribution is 2.29. The molecule has 2 aliphatic rings. The SMILES string of the molecule is Cc1ccc(NC(=O)C(=O)NC2CCNC(C3CCCCC3)C2)cc1. The van der Waals surface area contributed by atoms with E-state index in [-0.39, 0.29) is 6.04 Å². The number of hydrogen-bond donors (Lipinski definition) is 3. The molecule has 136 valence electrons. The van der Waals surface area contributed by atoms with Gasteiger partial charge >= 0.3 is 11.8 Å². The monoisotopic (exact) mass is 343 g/mol. The minimum absolute atomic E-state index is 0.0874. The van der Waals surface area contributed by atoms with Gasteiger partial charge in [-0.25, -0.2) is 0 Å². The van der Waals surface area contributed by atoms with Crippen LogP contribution in [0.15, 0.2) is 24.3 Å². The molecule has 2 fully saturated rings. The summed E-state index contributed by atoms with van der Waals surface area (Å²) in [5, 5.41) is 9.21. The van der Waals surface area contributed by atoms with Crippen molar-refractivity contribution in [2.45, 2.75) is 64.0 Å². The van der Waals surface area contributed by atoms with E-state index < -0.39 is 11.8 Å². The normalized spacial score (nSPS) is 24.5. The van der Waals surface area contributed by atoms with Crippen LogP contribution in [-0.2, 0) is 9.59 Å². The summed E-state index contributed by atoms with van der Waals surface area (Å²) in [5.74, 6) is -0.402. The third kappa shape index (κ3) is 5.05. The van der Waals surface area contributed by atoms with Crippen molar-refractivity contribution in [2.24, 2.45) is 5.92 Å². The maximum atomic E-state index is 12.2. The summed E-state index contributed by atoms with van der Waals surface area (Å²) in [5.41, 5.74) is 1.77. The summed E-state index contributed by atoms with van der Waals surface area (Å²) >= 11 is 0. The molecule has 2 unspecified atom stereocenters. The van der Waals surface area contributed by atoms with Gasteiger partial charge in [-0.1, -0.05) is 37.0 Å². The van der Waals surface area contributed by atoms with E-state index in [0.717, 1.165) is 30.9 Å². The molecular formula is C20H29N3O2. The number of hydrogen-bond acceptors (Lipinski definition) is 3. The molecule has 1 saturated carbocycles. The Kier molecular flexibility index (Phi) is 6.08. The zero-order valence-corrected chi connectivity index (χ0v) is 15.0. The third-order valence-electron chi connectivity index (χ3n) is 5.51. The molecule has 3 rings (SSSR count). The molecule has 0 radical (unpaired) electrons. The number of carbonyl (C=O) groups is 2. The van der Waals surface area contributed by atoms with Crippen molar-refractivity contribution in [1.82, 2.24) is 10.6 Å². The lowest BCUT2D eigenvalue weighted by molar-refractivity contribution is -0.136. The van der Waals surface area contributed by atoms with E-state index in [4.69, 9.17) is 0 Å². The van der Waals surface area contributed by atoms with E-state index in [1.54, 1.807) is 0 Å². The molecule has 1 aliphatic heterocycles. The van der Waals surface area contributed by atoms with Gasteiger partial charge in [0.05, 0.1) is 0 Å². The lowest BCUT2D eigenvalue weighted by Crippen LogP contribution is -2.52. The van der Waals surface area contributed by atoms with Crippen LogP contribution in [0.3, 0.4) is 0 Å². The highest BCUT2D eigenvalue weighted by molar-refractivity contribution is 6.39. The molecule has 0 aromatic heterocycles. The number of anilines is 1. The van der Waals surface area contributed by atoms with Gasteiger partial charge in [0.15, 0.2) is 0 Å². The van der Waals surface area contributed by atoms with Crippen molar-refractivity contribution in [2.75, 3.05) is 11.9 Å². The third-order valence-corrected chi connectivity index (χ3v) is 5.51. The second-order valence-corrected chi connectivity index (χ2v) is 7.47. The van der Waals surface area contributed by atoms with Crippen LogP contribution < -0.4 is 16.0 Å². The predicted molar refractivity (Wildman–Crippen MR) is 99.3 cm³/mol. The number of carbonyl (C=O) groups excluding carboxylic acids is 2. The van der Waals surface area contributed by atoms with E-state index >= 15 is 0 Å². The molecular weight excluding hydrogens is 314 g/mol. The summed E-state index contributed by atoms with van der Waals surface area (Å²) in [6, 6.07) is 8.00. The Bertz CT molecular complexity index is 593. The molecule has 2 atom stereocenters. The van der Waals surface area contributed by atoms with Gasteiger partial charge < -0.3 is 16.0 Å². The van der Waals surface area contributed by atoms with Crippen LogP contribution in [0.1, 0.15) is 50.5 Å². The summed E-state index contributed by atoms with van der Waals surface area (Å²) in [7, 11) is 0. The van der Waals surface area contributed by atoms with Gasteiger partial charge in [0, 0.05) is 17.8 Å². The quantitative estimate of drug-likeness (QED) is 0.739. The van der Waals surface area contributed by atoms with Gasteiger partial charge in [0.1, 0.15) is 0 Å². The lowest BCUT2D eigenvalue weighted by Gasteiger charge is -2.37. The molecule has 1 aliphatic carbocycles. The van der Waals surface area contributed by atoms with Crippen LogP contribution in [0, 0.1) is 12.8 Å². The number of nitrogens with one attached hydrogen (secondary N) is 3. The summed E-state index contributed by atoms with van der Waals surface area (Å²) in [6.45, 7) is 2.89. The number of aryl methyl sites for hydroxylation is 1. The number of rotatable bonds is 3. The van der Waals surface area contributed by atoms with Crippen molar-refractivity contribution in [3.05, 3.63) is 29.8 Å². The zero-order chi connectivity index (χ0) is 17.6. The van der Waals surface area contributed by atoms with Crippen LogP contribution >= 0.6 is 0 Å². The Labute approximate surface area is 150 Å². The molecule has 0 spiro atoms. The fraction of sp³-hybridized carbons (Fsp3) is 0.600. The van der Waals surface area contributed by atoms with Crippen molar-refractivity contribution in [1.29, 1.82) is 0 Å². The first-order valence-corrected chi connectivity index (χ1v) is 9.54. The number of benzene rings is 1. The van der Waals surface area contributed by atoms with E-state index in [0.29, 0.717) is 11.7 Å². The maximum absolute atomic E-state index is 12.2. The first-order chi connectivity index (χ1) is 12.1. The van der Waals surface area contributed by atoms with Gasteiger partial charge in [-0.2, -0.15) is 0 Å². The Hall–Kier alpha value is -1.88. The number of piperidine rings is 1. The maximum Gasteiger partial charge on any atom is 0.313 e. The van der Waals surface area contributed by atoms with E-state index in [1.165, 1.54) is 32.1 Å². The average Bonchev–Trinajstić information content (AvgIpc) is 2.64. The smallest absolute Gasteiger partial charge is 0.313 e. The van der Waals surface area contributed by atoms with Gasteiger partial charge in [-0.15, -0.1) is 0 Å². The predicted octanol–water partition coefficient (Wildman–Crippen LogP) is 2.75. The lowest BCUT2D eigenvalue weighted by atomic mass is 9.80. The Morgan fingerprint density at radius 3 is 2.44 bits per heavy atom. The highest BCUT2D eigenvalue weighted by atomic mass is 16.2. The van der Waals surface area contributed by atoms with Crippen LogP contribution in [0.4, 0.5) is 5.69 Å². The van der Waals surface area contributed by atoms with Gasteiger partial charge in [-0.3, -0.25) is 9.59 Å². The second-order valence-electron chi connectivity index (χ2n) is 7.47. The highest BCUT2D eigenvalue weighted by Gasteiger charge is 2.30. The van der Waals surface area contributed by atoms with Crippen LogP contribution in [0.5, 0.6) is 0 Å². The van der Waals surface area contributed by atoms with Crippen molar-refractivity contribution in [3.8, 4) is 0 Å². The molecule has 1 saturated heterocycles. The Morgan fingerprint density at radius 2 is 1.72 bits per heavy atom. The Morgan fingerprint density at radius 1 is 1.00 bits per heavy atom. The molecule has 1 aromatic carbocycles. The Balaban J connectivity index is 1.49. The number of amides is 2. The molecule has 1 aromatic rings. The first-order valence-electron chi connectivity index (χ1n) is 9.54. The minimum Gasteiger partial charge on any atom is -0.345 e. The summed E-state index contributed by atoms with van der Waals surface area (Å²) < 4.78 is 0. The van der Waals surface area contributed by atoms with Crippen molar-refractivity contribution >= 4 is 17.5 Å². The fourth-order valence-electron chi connectivity index (χ4n) is 4.05. The van der Waals surface area contributed by atoms with Crippen molar-refractivity contribution in [3.63, 3.8) is 0 Å². The zero-order valence-electron chi connectivity index (χ0n) is 15.0. The average molecular weight is 343 g/mol. The summed E-state index contributed by atoms with van der Waals surface area (Å²) in [4.78, 5) is 24.3. The molecule has 2 amide bonds. The molecule has 1 heterocycles. The largest absolute Gasteiger partial charge is 0.345 e. The van der Waals surface area contributed by atoms with Crippen LogP contribution in [-0.4, -0.2) is 30.4 Å². The fourth-order valence-corrected chi connectivity index (χ4v) is 4.05. The second kappa shape index (κ2) is 8.48. The first kappa shape index (κ1) is 17.9. The molecule has 5 nitrogen and oxygen atoms in total. The summed E-state index contributed by atoms with van der Waals surface area (Å²) in [6.07, 6.45) is 8.36. The van der Waals surface area contributed by atoms with E-state index in [1.807, 2.05) is 31.2 Å². The van der Waals surface area contributed by atoms with E-state index in [9.17, 15) is 9.59 Å². The van der Waals surface area contributed by atoms with E-state index in [2.05, 4.69) is 16.0 Å². The standard InChI is InChI=1S/C20H29N3O2/c1-14-7-9-16(10-8-14)22-19(24)20(25)23-17-11-12-21-18(13-17)15-5-3-2-4-6-15/h7-10,15,17-18,21H,2-6,11-13H2,1H3,(H,22,24)(H,23,25). The van der Waals surface area contributed by atoms with Gasteiger partial charge in [0.25, 0.3) is 0 Å². The minimum atomic E-state index is -0.586. The topological polar surface area (TPSA) is 70.2 Å².